The molecule has 0 aliphatic carbocycles. The molecule has 0 amide bonds. The largest absolute Gasteiger partial charge is 0.381 e. The Balaban J connectivity index is 0.00000280. The van der Waals surface area contributed by atoms with Gasteiger partial charge in [-0.3, -0.25) is 4.99 Å². The highest BCUT2D eigenvalue weighted by molar-refractivity contribution is 14.0. The van der Waals surface area contributed by atoms with Crippen molar-refractivity contribution in [2.75, 3.05) is 33.4 Å². The topological polar surface area (TPSA) is 45.7 Å². The third-order valence-electron chi connectivity index (χ3n) is 5.30. The lowest BCUT2D eigenvalue weighted by Gasteiger charge is -2.38. The molecule has 6 heteroatoms. The van der Waals surface area contributed by atoms with Crippen molar-refractivity contribution in [3.8, 4) is 0 Å². The van der Waals surface area contributed by atoms with Crippen molar-refractivity contribution in [3.05, 3.63) is 71.5 Å². The molecule has 28 heavy (non-hydrogen) atoms. The number of hydrogen-bond donors (Lipinski definition) is 2. The summed E-state index contributed by atoms with van der Waals surface area (Å²) in [7, 11) is 1.76. The van der Waals surface area contributed by atoms with Crippen LogP contribution in [-0.2, 0) is 16.6 Å². The van der Waals surface area contributed by atoms with E-state index in [9.17, 15) is 4.39 Å². The van der Waals surface area contributed by atoms with Crippen molar-refractivity contribution < 1.29 is 9.13 Å². The average molecular weight is 497 g/mol. The standard InChI is InChI=1S/C22H28FN3O.HI/c1-24-21(25-14-11-18-7-5-6-10-20(18)23)26-17-22(12-15-27-16-13-22)19-8-3-2-4-9-19;/h2-10H,11-17H2,1H3,(H2,24,25,26);1H. The second kappa shape index (κ2) is 11.4. The fraction of sp³-hybridized carbons (Fsp3) is 0.409. The number of rotatable bonds is 6. The summed E-state index contributed by atoms with van der Waals surface area (Å²) in [6, 6.07) is 17.5. The Hall–Kier alpha value is -1.67. The molecule has 0 aromatic heterocycles. The first-order valence-corrected chi connectivity index (χ1v) is 9.55. The summed E-state index contributed by atoms with van der Waals surface area (Å²) >= 11 is 0. The SMILES string of the molecule is CN=C(NCCc1ccccc1F)NCC1(c2ccccc2)CCOCC1.I. The van der Waals surface area contributed by atoms with Crippen molar-refractivity contribution in [1.29, 1.82) is 0 Å². The van der Waals surface area contributed by atoms with E-state index in [-0.39, 0.29) is 35.2 Å². The van der Waals surface area contributed by atoms with Gasteiger partial charge < -0.3 is 15.4 Å². The van der Waals surface area contributed by atoms with Crippen LogP contribution in [0, 0.1) is 5.82 Å². The van der Waals surface area contributed by atoms with Crippen molar-refractivity contribution in [3.63, 3.8) is 0 Å². The predicted molar refractivity (Wildman–Crippen MR) is 123 cm³/mol. The summed E-state index contributed by atoms with van der Waals surface area (Å²) in [5, 5.41) is 6.76. The first-order valence-electron chi connectivity index (χ1n) is 9.55. The molecule has 152 valence electrons. The smallest absolute Gasteiger partial charge is 0.191 e. The van der Waals surface area contributed by atoms with Gasteiger partial charge in [-0.2, -0.15) is 0 Å². The number of hydrogen-bond acceptors (Lipinski definition) is 2. The van der Waals surface area contributed by atoms with E-state index in [0.717, 1.165) is 38.6 Å². The molecule has 1 heterocycles. The predicted octanol–water partition coefficient (Wildman–Crippen LogP) is 3.90. The number of benzene rings is 2. The Morgan fingerprint density at radius 1 is 1.04 bits per heavy atom. The fourth-order valence-electron chi connectivity index (χ4n) is 3.61. The second-order valence-electron chi connectivity index (χ2n) is 6.95. The van der Waals surface area contributed by atoms with Gasteiger partial charge in [0.05, 0.1) is 0 Å². The van der Waals surface area contributed by atoms with E-state index in [1.54, 1.807) is 13.1 Å². The van der Waals surface area contributed by atoms with Crippen LogP contribution >= 0.6 is 24.0 Å². The van der Waals surface area contributed by atoms with Crippen LogP contribution in [0.4, 0.5) is 4.39 Å². The minimum absolute atomic E-state index is 0. The third-order valence-corrected chi connectivity index (χ3v) is 5.30. The van der Waals surface area contributed by atoms with E-state index in [0.29, 0.717) is 18.5 Å². The minimum Gasteiger partial charge on any atom is -0.381 e. The van der Waals surface area contributed by atoms with E-state index < -0.39 is 0 Å². The molecule has 4 nitrogen and oxygen atoms in total. The lowest BCUT2D eigenvalue weighted by Crippen LogP contribution is -2.48. The van der Waals surface area contributed by atoms with Gasteiger partial charge in [0.15, 0.2) is 5.96 Å². The molecule has 0 radical (unpaired) electrons. The summed E-state index contributed by atoms with van der Waals surface area (Å²) in [4.78, 5) is 4.32. The third kappa shape index (κ3) is 5.91. The highest BCUT2D eigenvalue weighted by Gasteiger charge is 2.34. The lowest BCUT2D eigenvalue weighted by atomic mass is 9.74. The van der Waals surface area contributed by atoms with Crippen LogP contribution in [0.3, 0.4) is 0 Å². The molecule has 3 rings (SSSR count). The number of ether oxygens (including phenoxy) is 1. The maximum atomic E-state index is 13.7. The zero-order valence-corrected chi connectivity index (χ0v) is 18.6. The zero-order valence-electron chi connectivity index (χ0n) is 16.3. The fourth-order valence-corrected chi connectivity index (χ4v) is 3.61. The average Bonchev–Trinajstić information content (AvgIpc) is 2.73. The van der Waals surface area contributed by atoms with Gasteiger partial charge in [0, 0.05) is 38.8 Å². The summed E-state index contributed by atoms with van der Waals surface area (Å²) in [5.74, 6) is 0.584. The van der Waals surface area contributed by atoms with Crippen molar-refractivity contribution in [1.82, 2.24) is 10.6 Å². The van der Waals surface area contributed by atoms with E-state index >= 15 is 0 Å². The number of guanidine groups is 1. The van der Waals surface area contributed by atoms with Crippen LogP contribution in [0.5, 0.6) is 0 Å². The molecular formula is C22H29FIN3O. The summed E-state index contributed by atoms with van der Waals surface area (Å²) in [5.41, 5.74) is 2.09. The molecule has 0 saturated carbocycles. The van der Waals surface area contributed by atoms with Crippen LogP contribution in [0.15, 0.2) is 59.6 Å². The van der Waals surface area contributed by atoms with E-state index in [2.05, 4.69) is 39.9 Å². The van der Waals surface area contributed by atoms with Crippen LogP contribution in [0.2, 0.25) is 0 Å². The van der Waals surface area contributed by atoms with Gasteiger partial charge in [-0.05, 0) is 36.5 Å². The number of halogens is 2. The highest BCUT2D eigenvalue weighted by atomic mass is 127. The van der Waals surface area contributed by atoms with Gasteiger partial charge in [0.2, 0.25) is 0 Å². The molecule has 1 aliphatic heterocycles. The molecule has 0 bridgehead atoms. The van der Waals surface area contributed by atoms with E-state index in [4.69, 9.17) is 4.74 Å². The highest BCUT2D eigenvalue weighted by Crippen LogP contribution is 2.34. The Morgan fingerprint density at radius 3 is 2.39 bits per heavy atom. The number of nitrogens with zero attached hydrogens (tertiary/aromatic N) is 1. The van der Waals surface area contributed by atoms with Crippen molar-refractivity contribution in [2.45, 2.75) is 24.7 Å². The van der Waals surface area contributed by atoms with Gasteiger partial charge in [-0.25, -0.2) is 4.39 Å². The second-order valence-corrected chi connectivity index (χ2v) is 6.95. The van der Waals surface area contributed by atoms with Crippen LogP contribution < -0.4 is 10.6 Å². The van der Waals surface area contributed by atoms with Gasteiger partial charge in [0.25, 0.3) is 0 Å². The summed E-state index contributed by atoms with van der Waals surface area (Å²) in [6.07, 6.45) is 2.58. The number of nitrogens with one attached hydrogen (secondary N) is 2. The molecule has 2 N–H and O–H groups in total. The maximum Gasteiger partial charge on any atom is 0.191 e. The maximum absolute atomic E-state index is 13.7. The van der Waals surface area contributed by atoms with Gasteiger partial charge in [-0.15, -0.1) is 24.0 Å². The van der Waals surface area contributed by atoms with E-state index in [1.165, 1.54) is 11.6 Å². The van der Waals surface area contributed by atoms with Gasteiger partial charge >= 0.3 is 0 Å². The lowest BCUT2D eigenvalue weighted by molar-refractivity contribution is 0.0514. The Labute approximate surface area is 184 Å². The number of aliphatic imine (C=N–C) groups is 1. The van der Waals surface area contributed by atoms with Crippen LogP contribution in [0.1, 0.15) is 24.0 Å². The first kappa shape index (κ1) is 22.6. The Bertz CT molecular complexity index is 748. The Kier molecular flexibility index (Phi) is 9.18. The molecule has 1 fully saturated rings. The van der Waals surface area contributed by atoms with Gasteiger partial charge in [-0.1, -0.05) is 48.5 Å². The monoisotopic (exact) mass is 497 g/mol. The first-order chi connectivity index (χ1) is 13.2. The molecule has 0 unspecified atom stereocenters. The Morgan fingerprint density at radius 2 is 1.71 bits per heavy atom. The summed E-state index contributed by atoms with van der Waals surface area (Å²) in [6.45, 7) is 2.97. The van der Waals surface area contributed by atoms with Crippen molar-refractivity contribution in [2.24, 2.45) is 4.99 Å². The minimum atomic E-state index is -0.160. The van der Waals surface area contributed by atoms with Gasteiger partial charge in [0.1, 0.15) is 5.82 Å². The summed E-state index contributed by atoms with van der Waals surface area (Å²) < 4.78 is 19.3. The molecule has 1 saturated heterocycles. The van der Waals surface area contributed by atoms with E-state index in [1.807, 2.05) is 18.2 Å². The molecule has 2 aromatic carbocycles. The van der Waals surface area contributed by atoms with Crippen LogP contribution in [0.25, 0.3) is 0 Å². The molecule has 0 spiro atoms. The molecule has 2 aromatic rings. The molecular weight excluding hydrogens is 468 g/mol. The van der Waals surface area contributed by atoms with Crippen LogP contribution in [-0.4, -0.2) is 39.3 Å². The zero-order chi connectivity index (χ0) is 19.0. The van der Waals surface area contributed by atoms with Crippen molar-refractivity contribution >= 4 is 29.9 Å². The molecule has 1 aliphatic rings. The normalized spacial score (nSPS) is 16.1. The quantitative estimate of drug-likeness (QED) is 0.362. The molecule has 0 atom stereocenters.